The number of nitrogens with zero attached hydrogens (tertiary/aromatic N) is 2. The van der Waals surface area contributed by atoms with Crippen molar-refractivity contribution in [3.8, 4) is 17.4 Å². The molecule has 0 bridgehead atoms. The molecule has 6 heteroatoms. The van der Waals surface area contributed by atoms with Gasteiger partial charge in [-0.1, -0.05) is 24.3 Å². The molecule has 0 fully saturated rings. The maximum Gasteiger partial charge on any atom is 0.259 e. The lowest BCUT2D eigenvalue weighted by atomic mass is 10.1. The highest BCUT2D eigenvalue weighted by Gasteiger charge is 2.11. The highest BCUT2D eigenvalue weighted by Crippen LogP contribution is 2.26. The Morgan fingerprint density at radius 3 is 2.70 bits per heavy atom. The summed E-state index contributed by atoms with van der Waals surface area (Å²) in [5, 5.41) is 9.93. The zero-order valence-corrected chi connectivity index (χ0v) is 13.9. The first-order valence-electron chi connectivity index (χ1n) is 8.11. The Balaban J connectivity index is 1.76. The van der Waals surface area contributed by atoms with Crippen LogP contribution >= 0.6 is 0 Å². The predicted molar refractivity (Wildman–Crippen MR) is 99.9 cm³/mol. The van der Waals surface area contributed by atoms with Crippen LogP contribution in [0.1, 0.15) is 11.6 Å². The third kappa shape index (κ3) is 3.14. The van der Waals surface area contributed by atoms with E-state index in [1.165, 1.54) is 12.1 Å². The summed E-state index contributed by atoms with van der Waals surface area (Å²) in [5.41, 5.74) is 0.618. The summed E-state index contributed by atoms with van der Waals surface area (Å²) in [5.74, 6) is 0.436. The van der Waals surface area contributed by atoms with Gasteiger partial charge in [0.1, 0.15) is 23.4 Å². The lowest BCUT2D eigenvalue weighted by Gasteiger charge is -2.01. The fourth-order valence-electron chi connectivity index (χ4n) is 2.75. The SMILES string of the molecule is N#C/C(=C\c1ccc(-c2ccccc2F)o1)c1nc2ccccc2c(=O)[nH]1. The number of halogens is 1. The van der Waals surface area contributed by atoms with Crippen LogP contribution in [0.15, 0.2) is 69.9 Å². The minimum atomic E-state index is -0.400. The monoisotopic (exact) mass is 357 g/mol. The van der Waals surface area contributed by atoms with Crippen LogP contribution in [-0.4, -0.2) is 9.97 Å². The van der Waals surface area contributed by atoms with E-state index in [4.69, 9.17) is 4.42 Å². The average Bonchev–Trinajstić information content (AvgIpc) is 3.15. The van der Waals surface area contributed by atoms with Gasteiger partial charge in [-0.05, 0) is 36.4 Å². The van der Waals surface area contributed by atoms with Crippen LogP contribution < -0.4 is 5.56 Å². The molecule has 0 amide bonds. The molecule has 0 spiro atoms. The predicted octanol–water partition coefficient (Wildman–Crippen LogP) is 4.39. The molecule has 1 N–H and O–H groups in total. The molecule has 4 rings (SSSR count). The van der Waals surface area contributed by atoms with Crippen LogP contribution in [0.5, 0.6) is 0 Å². The minimum Gasteiger partial charge on any atom is -0.457 e. The van der Waals surface area contributed by atoms with Gasteiger partial charge < -0.3 is 9.40 Å². The molecule has 0 aliphatic rings. The largest absolute Gasteiger partial charge is 0.457 e. The zero-order chi connectivity index (χ0) is 18.8. The van der Waals surface area contributed by atoms with E-state index >= 15 is 0 Å². The van der Waals surface area contributed by atoms with E-state index in [2.05, 4.69) is 9.97 Å². The molecule has 130 valence electrons. The van der Waals surface area contributed by atoms with Gasteiger partial charge in [-0.3, -0.25) is 4.79 Å². The van der Waals surface area contributed by atoms with Crippen LogP contribution in [-0.2, 0) is 0 Å². The fraction of sp³-hybridized carbons (Fsp3) is 0. The Kier molecular flexibility index (Phi) is 4.11. The Morgan fingerprint density at radius 1 is 1.11 bits per heavy atom. The Bertz CT molecular complexity index is 1280. The average molecular weight is 357 g/mol. The summed E-state index contributed by atoms with van der Waals surface area (Å²) in [4.78, 5) is 19.1. The molecular formula is C21H12FN3O2. The first kappa shape index (κ1) is 16.5. The van der Waals surface area contributed by atoms with E-state index in [0.29, 0.717) is 28.0 Å². The van der Waals surface area contributed by atoms with Crippen LogP contribution in [0.2, 0.25) is 0 Å². The minimum absolute atomic E-state index is 0.132. The van der Waals surface area contributed by atoms with Crippen molar-refractivity contribution in [2.24, 2.45) is 0 Å². The number of rotatable bonds is 3. The van der Waals surface area contributed by atoms with Gasteiger partial charge in [0.25, 0.3) is 5.56 Å². The molecule has 0 saturated heterocycles. The summed E-state index contributed by atoms with van der Waals surface area (Å²) >= 11 is 0. The number of para-hydroxylation sites is 1. The van der Waals surface area contributed by atoms with Gasteiger partial charge in [0.2, 0.25) is 0 Å². The van der Waals surface area contributed by atoms with E-state index in [1.807, 2.05) is 6.07 Å². The molecule has 2 heterocycles. The van der Waals surface area contributed by atoms with Crippen molar-refractivity contribution < 1.29 is 8.81 Å². The lowest BCUT2D eigenvalue weighted by Crippen LogP contribution is -2.11. The van der Waals surface area contributed by atoms with E-state index in [9.17, 15) is 14.4 Å². The van der Waals surface area contributed by atoms with Gasteiger partial charge >= 0.3 is 0 Å². The number of nitriles is 1. The Morgan fingerprint density at radius 2 is 1.89 bits per heavy atom. The summed E-state index contributed by atoms with van der Waals surface area (Å²) < 4.78 is 19.5. The van der Waals surface area contributed by atoms with Gasteiger partial charge in [0, 0.05) is 6.08 Å². The van der Waals surface area contributed by atoms with Crippen molar-refractivity contribution in [1.29, 1.82) is 5.26 Å². The van der Waals surface area contributed by atoms with Crippen molar-refractivity contribution in [2.75, 3.05) is 0 Å². The first-order chi connectivity index (χ1) is 13.2. The Labute approximate surface area is 153 Å². The van der Waals surface area contributed by atoms with Crippen molar-refractivity contribution >= 4 is 22.6 Å². The molecule has 0 aliphatic carbocycles. The highest BCUT2D eigenvalue weighted by molar-refractivity contribution is 5.88. The number of fused-ring (bicyclic) bond motifs is 1. The van der Waals surface area contributed by atoms with E-state index in [0.717, 1.165) is 0 Å². The third-order valence-electron chi connectivity index (χ3n) is 4.04. The number of hydrogen-bond donors (Lipinski definition) is 1. The molecule has 5 nitrogen and oxygen atoms in total. The molecule has 0 unspecified atom stereocenters. The molecular weight excluding hydrogens is 345 g/mol. The molecule has 2 aromatic carbocycles. The number of hydrogen-bond acceptors (Lipinski definition) is 4. The number of furan rings is 1. The normalized spacial score (nSPS) is 11.5. The van der Waals surface area contributed by atoms with Gasteiger partial charge in [-0.2, -0.15) is 5.26 Å². The molecule has 0 saturated carbocycles. The van der Waals surface area contributed by atoms with Crippen LogP contribution in [0.4, 0.5) is 4.39 Å². The maximum atomic E-state index is 13.9. The first-order valence-corrected chi connectivity index (χ1v) is 8.11. The van der Waals surface area contributed by atoms with Gasteiger partial charge in [-0.15, -0.1) is 0 Å². The molecule has 0 aliphatic heterocycles. The fourth-order valence-corrected chi connectivity index (χ4v) is 2.75. The van der Waals surface area contributed by atoms with Gasteiger partial charge in [-0.25, -0.2) is 9.37 Å². The summed E-state index contributed by atoms with van der Waals surface area (Å²) in [6.07, 6.45) is 1.46. The second kappa shape index (κ2) is 6.73. The number of nitrogens with one attached hydrogen (secondary N) is 1. The number of H-pyrrole nitrogens is 1. The molecule has 0 radical (unpaired) electrons. The smallest absolute Gasteiger partial charge is 0.259 e. The lowest BCUT2D eigenvalue weighted by molar-refractivity contribution is 0.561. The molecule has 0 atom stereocenters. The molecule has 27 heavy (non-hydrogen) atoms. The van der Waals surface area contributed by atoms with Crippen LogP contribution in [0.25, 0.3) is 33.9 Å². The van der Waals surface area contributed by atoms with E-state index < -0.39 is 5.82 Å². The topological polar surface area (TPSA) is 82.7 Å². The van der Waals surface area contributed by atoms with Crippen molar-refractivity contribution in [3.05, 3.63) is 88.4 Å². The molecule has 4 aromatic rings. The molecule has 2 aromatic heterocycles. The highest BCUT2D eigenvalue weighted by atomic mass is 19.1. The number of aromatic amines is 1. The number of aromatic nitrogens is 2. The standard InChI is InChI=1S/C21H12FN3O2/c22-17-7-3-1-5-15(17)19-10-9-14(27-19)11-13(12-23)20-24-18-8-4-2-6-16(18)21(26)25-20/h1-11H,(H,24,25,26)/b13-11+. The number of allylic oxidation sites excluding steroid dienone is 1. The maximum absolute atomic E-state index is 13.9. The summed E-state index contributed by atoms with van der Waals surface area (Å²) in [6, 6.07) is 18.4. The van der Waals surface area contributed by atoms with Crippen molar-refractivity contribution in [3.63, 3.8) is 0 Å². The summed E-state index contributed by atoms with van der Waals surface area (Å²) in [7, 11) is 0. The van der Waals surface area contributed by atoms with Crippen molar-refractivity contribution in [1.82, 2.24) is 9.97 Å². The van der Waals surface area contributed by atoms with E-state index in [1.54, 1.807) is 54.6 Å². The zero-order valence-electron chi connectivity index (χ0n) is 13.9. The number of benzene rings is 2. The Hall–Kier alpha value is -3.98. The van der Waals surface area contributed by atoms with Crippen LogP contribution in [0.3, 0.4) is 0 Å². The van der Waals surface area contributed by atoms with E-state index in [-0.39, 0.29) is 17.0 Å². The second-order valence-corrected chi connectivity index (χ2v) is 5.78. The van der Waals surface area contributed by atoms with Crippen molar-refractivity contribution in [2.45, 2.75) is 0 Å². The summed E-state index contributed by atoms with van der Waals surface area (Å²) in [6.45, 7) is 0. The third-order valence-corrected chi connectivity index (χ3v) is 4.04. The van der Waals surface area contributed by atoms with Gasteiger partial charge in [0.15, 0.2) is 5.82 Å². The quantitative estimate of drug-likeness (QED) is 0.551. The van der Waals surface area contributed by atoms with Gasteiger partial charge in [0.05, 0.1) is 22.0 Å². The van der Waals surface area contributed by atoms with Crippen LogP contribution in [0, 0.1) is 17.1 Å². The second-order valence-electron chi connectivity index (χ2n) is 5.78.